The van der Waals surface area contributed by atoms with Crippen LogP contribution < -0.4 is 0 Å². The molecule has 0 aromatic rings. The summed E-state index contributed by atoms with van der Waals surface area (Å²) in [4.78, 5) is 0. The summed E-state index contributed by atoms with van der Waals surface area (Å²) in [5, 5.41) is 10.2. The highest BCUT2D eigenvalue weighted by Gasteiger charge is 2.42. The monoisotopic (exact) mass is 216 g/mol. The first-order chi connectivity index (χ1) is 5.36. The van der Waals surface area contributed by atoms with Gasteiger partial charge in [0.15, 0.2) is 0 Å². The first-order valence-corrected chi connectivity index (χ1v) is 5.34. The van der Waals surface area contributed by atoms with E-state index in [1.807, 2.05) is 0 Å². The summed E-state index contributed by atoms with van der Waals surface area (Å²) < 4.78 is 0. The molecule has 0 aromatic carbocycles. The van der Waals surface area contributed by atoms with Crippen molar-refractivity contribution in [2.24, 2.45) is 23.7 Å². The van der Waals surface area contributed by atoms with Crippen molar-refractivity contribution in [2.45, 2.75) is 6.42 Å². The fraction of sp³-hybridized carbons (Fsp3) is 0.778. The van der Waals surface area contributed by atoms with Gasteiger partial charge in [0, 0.05) is 11.9 Å². The summed E-state index contributed by atoms with van der Waals surface area (Å²) in [6, 6.07) is 0. The summed E-state index contributed by atoms with van der Waals surface area (Å²) in [7, 11) is 0. The van der Waals surface area contributed by atoms with Crippen LogP contribution >= 0.6 is 15.9 Å². The van der Waals surface area contributed by atoms with Gasteiger partial charge < -0.3 is 5.11 Å². The van der Waals surface area contributed by atoms with Gasteiger partial charge in [-0.2, -0.15) is 0 Å². The standard InChI is InChI=1S/C9H13BrO/c10-4-8-6-1-2-7(3-6)9(8)5-11/h1-2,6-9,11H,3-5H2/t6-,7+,8-,9-/m0/s1. The molecule has 0 amide bonds. The highest BCUT2D eigenvalue weighted by atomic mass is 79.9. The molecule has 11 heavy (non-hydrogen) atoms. The molecule has 0 radical (unpaired) electrons. The number of alkyl halides is 1. The summed E-state index contributed by atoms with van der Waals surface area (Å²) in [5.74, 6) is 2.64. The predicted octanol–water partition coefficient (Wildman–Crippen LogP) is 1.81. The number of halogens is 1. The molecular formula is C9H13BrO. The molecule has 1 nitrogen and oxygen atoms in total. The largest absolute Gasteiger partial charge is 0.396 e. The number of fused-ring (bicyclic) bond motifs is 2. The maximum atomic E-state index is 9.13. The number of aliphatic hydroxyl groups is 1. The second kappa shape index (κ2) is 2.91. The lowest BCUT2D eigenvalue weighted by Gasteiger charge is -2.24. The summed E-state index contributed by atoms with van der Waals surface area (Å²) in [6.07, 6.45) is 5.88. The molecule has 0 unspecified atom stereocenters. The quantitative estimate of drug-likeness (QED) is 0.552. The second-order valence-corrected chi connectivity index (χ2v) is 4.26. The van der Waals surface area contributed by atoms with E-state index >= 15 is 0 Å². The predicted molar refractivity (Wildman–Crippen MR) is 48.6 cm³/mol. The van der Waals surface area contributed by atoms with Crippen LogP contribution in [-0.4, -0.2) is 17.0 Å². The molecular weight excluding hydrogens is 204 g/mol. The summed E-state index contributed by atoms with van der Waals surface area (Å²) >= 11 is 3.51. The first-order valence-electron chi connectivity index (χ1n) is 4.22. The zero-order valence-corrected chi connectivity index (χ0v) is 8.00. The van der Waals surface area contributed by atoms with Gasteiger partial charge in [-0.25, -0.2) is 0 Å². The van der Waals surface area contributed by atoms with Gasteiger partial charge in [-0.1, -0.05) is 28.1 Å². The summed E-state index contributed by atoms with van der Waals surface area (Å²) in [5.41, 5.74) is 0. The van der Waals surface area contributed by atoms with Crippen molar-refractivity contribution in [3.05, 3.63) is 12.2 Å². The zero-order chi connectivity index (χ0) is 7.84. The van der Waals surface area contributed by atoms with Gasteiger partial charge in [0.2, 0.25) is 0 Å². The molecule has 1 N–H and O–H groups in total. The molecule has 2 aliphatic rings. The molecule has 2 bridgehead atoms. The first kappa shape index (κ1) is 7.81. The van der Waals surface area contributed by atoms with Gasteiger partial charge in [0.25, 0.3) is 0 Å². The summed E-state index contributed by atoms with van der Waals surface area (Å²) in [6.45, 7) is 0.363. The lowest BCUT2D eigenvalue weighted by atomic mass is 9.85. The molecule has 1 saturated carbocycles. The number of allylic oxidation sites excluding steroid dienone is 2. The van der Waals surface area contributed by atoms with Crippen LogP contribution in [0.15, 0.2) is 12.2 Å². The van der Waals surface area contributed by atoms with Crippen LogP contribution in [0.4, 0.5) is 0 Å². The maximum Gasteiger partial charge on any atom is 0.0468 e. The molecule has 4 atom stereocenters. The van der Waals surface area contributed by atoms with Crippen molar-refractivity contribution in [1.29, 1.82) is 0 Å². The van der Waals surface area contributed by atoms with E-state index in [0.717, 1.165) is 11.2 Å². The molecule has 0 heterocycles. The fourth-order valence-electron chi connectivity index (χ4n) is 2.53. The molecule has 0 aromatic heterocycles. The van der Waals surface area contributed by atoms with Gasteiger partial charge >= 0.3 is 0 Å². The van der Waals surface area contributed by atoms with E-state index in [-0.39, 0.29) is 0 Å². The fourth-order valence-corrected chi connectivity index (χ4v) is 3.49. The third-order valence-corrected chi connectivity index (χ3v) is 3.94. The van der Waals surface area contributed by atoms with E-state index in [1.165, 1.54) is 6.42 Å². The van der Waals surface area contributed by atoms with E-state index < -0.39 is 0 Å². The third-order valence-electron chi connectivity index (χ3n) is 3.19. The lowest BCUT2D eigenvalue weighted by molar-refractivity contribution is 0.174. The Labute approximate surface area is 75.6 Å². The van der Waals surface area contributed by atoms with Gasteiger partial charge in [0.1, 0.15) is 0 Å². The van der Waals surface area contributed by atoms with Crippen molar-refractivity contribution in [2.75, 3.05) is 11.9 Å². The van der Waals surface area contributed by atoms with Gasteiger partial charge in [0.05, 0.1) is 0 Å². The highest BCUT2D eigenvalue weighted by molar-refractivity contribution is 9.09. The van der Waals surface area contributed by atoms with Crippen molar-refractivity contribution in [3.8, 4) is 0 Å². The average Bonchev–Trinajstić information content (AvgIpc) is 2.60. The minimum absolute atomic E-state index is 0.363. The van der Waals surface area contributed by atoms with Crippen LogP contribution in [0.1, 0.15) is 6.42 Å². The Balaban J connectivity index is 2.15. The van der Waals surface area contributed by atoms with Crippen LogP contribution in [0.5, 0.6) is 0 Å². The minimum Gasteiger partial charge on any atom is -0.396 e. The van der Waals surface area contributed by atoms with E-state index in [2.05, 4.69) is 28.1 Å². The molecule has 2 aliphatic carbocycles. The Morgan fingerprint density at radius 3 is 2.36 bits per heavy atom. The van der Waals surface area contributed by atoms with Gasteiger partial charge in [-0.05, 0) is 30.1 Å². The Morgan fingerprint density at radius 1 is 1.27 bits per heavy atom. The van der Waals surface area contributed by atoms with E-state index in [9.17, 15) is 0 Å². The second-order valence-electron chi connectivity index (χ2n) is 3.61. The van der Waals surface area contributed by atoms with Crippen molar-refractivity contribution in [1.82, 2.24) is 0 Å². The van der Waals surface area contributed by atoms with E-state index in [1.54, 1.807) is 0 Å². The Hall–Kier alpha value is 0.180. The van der Waals surface area contributed by atoms with Crippen LogP contribution in [0.25, 0.3) is 0 Å². The van der Waals surface area contributed by atoms with Crippen molar-refractivity contribution >= 4 is 15.9 Å². The van der Waals surface area contributed by atoms with Gasteiger partial charge in [-0.15, -0.1) is 0 Å². The Morgan fingerprint density at radius 2 is 1.91 bits per heavy atom. The topological polar surface area (TPSA) is 20.2 Å². The van der Waals surface area contributed by atoms with E-state index in [0.29, 0.717) is 24.4 Å². The molecule has 0 aliphatic heterocycles. The maximum absolute atomic E-state index is 9.13. The van der Waals surface area contributed by atoms with Crippen LogP contribution in [-0.2, 0) is 0 Å². The van der Waals surface area contributed by atoms with Crippen LogP contribution in [0.2, 0.25) is 0 Å². The van der Waals surface area contributed by atoms with Gasteiger partial charge in [-0.3, -0.25) is 0 Å². The normalized spacial score (nSPS) is 47.1. The lowest BCUT2D eigenvalue weighted by Crippen LogP contribution is -2.23. The molecule has 0 saturated heterocycles. The van der Waals surface area contributed by atoms with Crippen LogP contribution in [0, 0.1) is 23.7 Å². The number of rotatable bonds is 2. The number of aliphatic hydroxyl groups excluding tert-OH is 1. The molecule has 2 rings (SSSR count). The van der Waals surface area contributed by atoms with Crippen molar-refractivity contribution in [3.63, 3.8) is 0 Å². The third kappa shape index (κ3) is 1.07. The minimum atomic E-state index is 0.363. The Bertz CT molecular complexity index is 160. The number of hydrogen-bond acceptors (Lipinski definition) is 1. The van der Waals surface area contributed by atoms with Crippen LogP contribution in [0.3, 0.4) is 0 Å². The molecule has 62 valence electrons. The molecule has 0 spiro atoms. The van der Waals surface area contributed by atoms with E-state index in [4.69, 9.17) is 5.11 Å². The zero-order valence-electron chi connectivity index (χ0n) is 6.41. The smallest absolute Gasteiger partial charge is 0.0468 e. The molecule has 2 heteroatoms. The SMILES string of the molecule is OC[C@@H]1[C@@H](CBr)[C@H]2C=C[C@@H]1C2. The Kier molecular flexibility index (Phi) is 2.06. The average molecular weight is 217 g/mol. The highest BCUT2D eigenvalue weighted by Crippen LogP contribution is 2.48. The number of hydrogen-bond donors (Lipinski definition) is 1. The van der Waals surface area contributed by atoms with Crippen molar-refractivity contribution < 1.29 is 5.11 Å². The molecule has 1 fully saturated rings.